The van der Waals surface area contributed by atoms with E-state index in [1.165, 1.54) is 19.3 Å². The van der Waals surface area contributed by atoms with Gasteiger partial charge in [0.2, 0.25) is 0 Å². The topological polar surface area (TPSA) is 37.3 Å². The van der Waals surface area contributed by atoms with Crippen molar-refractivity contribution in [2.45, 2.75) is 31.4 Å². The molecule has 0 bridgehead atoms. The number of carboxylic acid groups (broad SMARTS) is 1. The predicted octanol–water partition coefficient (Wildman–Crippen LogP) is 1.66. The third-order valence-corrected chi connectivity index (χ3v) is 4.86. The largest absolute Gasteiger partial charge is 0.486 e. The fourth-order valence-corrected chi connectivity index (χ4v) is 3.70. The molecule has 1 N–H and O–H groups in total. The van der Waals surface area contributed by atoms with Crippen molar-refractivity contribution >= 4 is 14.4 Å². The van der Waals surface area contributed by atoms with Gasteiger partial charge >= 0.3 is 0 Å². The molecule has 1 heterocycles. The summed E-state index contributed by atoms with van der Waals surface area (Å²) in [5.74, 6) is 0. The lowest BCUT2D eigenvalue weighted by Gasteiger charge is -2.14. The molecule has 1 aliphatic rings. The van der Waals surface area contributed by atoms with Crippen LogP contribution in [0.3, 0.4) is 0 Å². The molecular formula is C6H12O2Si. The average molecular weight is 144 g/mol. The molecular weight excluding hydrogens is 132 g/mol. The Morgan fingerprint density at radius 1 is 1.22 bits per heavy atom. The van der Waals surface area contributed by atoms with E-state index in [0.29, 0.717) is 0 Å². The highest BCUT2D eigenvalue weighted by Gasteiger charge is 2.21. The monoisotopic (exact) mass is 144 g/mol. The van der Waals surface area contributed by atoms with Crippen LogP contribution in [0.25, 0.3) is 0 Å². The van der Waals surface area contributed by atoms with Gasteiger partial charge in [-0.15, -0.1) is 0 Å². The van der Waals surface area contributed by atoms with Crippen LogP contribution < -0.4 is 0 Å². The summed E-state index contributed by atoms with van der Waals surface area (Å²) < 4.78 is 0. The van der Waals surface area contributed by atoms with E-state index in [1.54, 1.807) is 0 Å². The Labute approximate surface area is 56.5 Å². The van der Waals surface area contributed by atoms with Crippen LogP contribution >= 0.6 is 0 Å². The Kier molecular flexibility index (Phi) is 2.27. The fourth-order valence-electron chi connectivity index (χ4n) is 1.35. The normalized spacial score (nSPS) is 21.8. The van der Waals surface area contributed by atoms with Crippen LogP contribution in [-0.4, -0.2) is 19.5 Å². The van der Waals surface area contributed by atoms with Crippen molar-refractivity contribution in [2.75, 3.05) is 0 Å². The molecule has 0 radical (unpaired) electrons. The Morgan fingerprint density at radius 2 is 1.78 bits per heavy atom. The van der Waals surface area contributed by atoms with Crippen LogP contribution in [0.5, 0.6) is 0 Å². The van der Waals surface area contributed by atoms with Crippen molar-refractivity contribution in [1.29, 1.82) is 0 Å². The first-order chi connectivity index (χ1) is 4.30. The Morgan fingerprint density at radius 3 is 2.11 bits per heavy atom. The molecule has 0 spiro atoms. The van der Waals surface area contributed by atoms with Crippen LogP contribution in [0.1, 0.15) is 19.3 Å². The summed E-state index contributed by atoms with van der Waals surface area (Å²) in [4.78, 5) is 10.4. The van der Waals surface area contributed by atoms with Crippen molar-refractivity contribution in [3.05, 3.63) is 0 Å². The number of carbonyl (C=O) groups is 1. The first-order valence-corrected chi connectivity index (χ1v) is 5.74. The van der Waals surface area contributed by atoms with E-state index >= 15 is 0 Å². The number of hydrogen-bond acceptors (Lipinski definition) is 1. The molecule has 0 atom stereocenters. The zero-order chi connectivity index (χ0) is 6.69. The van der Waals surface area contributed by atoms with Crippen molar-refractivity contribution < 1.29 is 9.90 Å². The quantitative estimate of drug-likeness (QED) is 0.568. The molecule has 1 fully saturated rings. The van der Waals surface area contributed by atoms with Crippen molar-refractivity contribution in [2.24, 2.45) is 0 Å². The molecule has 0 amide bonds. The second-order valence-corrected chi connectivity index (χ2v) is 5.72. The van der Waals surface area contributed by atoms with E-state index in [9.17, 15) is 4.79 Å². The van der Waals surface area contributed by atoms with Gasteiger partial charge in [-0.2, -0.15) is 0 Å². The summed E-state index contributed by atoms with van der Waals surface area (Å²) in [7, 11) is -1.28. The summed E-state index contributed by atoms with van der Waals surface area (Å²) in [6.45, 7) is 0. The van der Waals surface area contributed by atoms with Crippen LogP contribution in [0.2, 0.25) is 12.1 Å². The first-order valence-electron chi connectivity index (χ1n) is 3.53. The third kappa shape index (κ3) is 1.82. The van der Waals surface area contributed by atoms with Crippen molar-refractivity contribution in [1.82, 2.24) is 0 Å². The number of rotatable bonds is 1. The summed E-state index contributed by atoms with van der Waals surface area (Å²) >= 11 is 0. The van der Waals surface area contributed by atoms with Gasteiger partial charge in [0.05, 0.1) is 0 Å². The fraction of sp³-hybridized carbons (Fsp3) is 0.833. The van der Waals surface area contributed by atoms with Crippen LogP contribution in [0.4, 0.5) is 4.79 Å². The molecule has 0 aromatic heterocycles. The standard InChI is InChI=1S/C6H12O2Si/c7-6(8)9-4-2-1-3-5-9/h9H,1-5H2,(H,7,8). The molecule has 52 valence electrons. The lowest BCUT2D eigenvalue weighted by molar-refractivity contribution is 0.218. The van der Waals surface area contributed by atoms with Crippen LogP contribution in [-0.2, 0) is 0 Å². The summed E-state index contributed by atoms with van der Waals surface area (Å²) in [6.07, 6.45) is 3.60. The minimum Gasteiger partial charge on any atom is -0.486 e. The van der Waals surface area contributed by atoms with Gasteiger partial charge in [0.1, 0.15) is 0 Å². The van der Waals surface area contributed by atoms with Gasteiger partial charge in [0.25, 0.3) is 5.59 Å². The van der Waals surface area contributed by atoms with Crippen molar-refractivity contribution in [3.8, 4) is 0 Å². The Hall–Kier alpha value is -0.313. The molecule has 0 aliphatic carbocycles. The molecule has 0 aromatic carbocycles. The zero-order valence-electron chi connectivity index (χ0n) is 5.47. The van der Waals surface area contributed by atoms with E-state index in [2.05, 4.69) is 0 Å². The molecule has 1 rings (SSSR count). The van der Waals surface area contributed by atoms with Crippen LogP contribution in [0.15, 0.2) is 0 Å². The summed E-state index contributed by atoms with van der Waals surface area (Å²) in [5, 5.41) is 8.60. The van der Waals surface area contributed by atoms with E-state index in [0.717, 1.165) is 12.1 Å². The second kappa shape index (κ2) is 3.01. The van der Waals surface area contributed by atoms with E-state index < -0.39 is 14.4 Å². The van der Waals surface area contributed by atoms with Gasteiger partial charge in [-0.05, 0) is 12.1 Å². The predicted molar refractivity (Wildman–Crippen MR) is 38.6 cm³/mol. The molecule has 0 aromatic rings. The minimum absolute atomic E-state index is 0.463. The van der Waals surface area contributed by atoms with Gasteiger partial charge in [0.15, 0.2) is 8.80 Å². The van der Waals surface area contributed by atoms with E-state index in [1.807, 2.05) is 0 Å². The molecule has 2 nitrogen and oxygen atoms in total. The molecule has 1 saturated heterocycles. The zero-order valence-corrected chi connectivity index (χ0v) is 6.62. The van der Waals surface area contributed by atoms with Crippen LogP contribution in [0, 0.1) is 0 Å². The maximum absolute atomic E-state index is 10.4. The Balaban J connectivity index is 2.31. The maximum atomic E-state index is 10.4. The molecule has 0 unspecified atom stereocenters. The van der Waals surface area contributed by atoms with Gasteiger partial charge in [0, 0.05) is 0 Å². The molecule has 0 saturated carbocycles. The first kappa shape index (κ1) is 6.80. The lowest BCUT2D eigenvalue weighted by atomic mass is 10.3. The lowest BCUT2D eigenvalue weighted by Crippen LogP contribution is -2.25. The third-order valence-electron chi connectivity index (χ3n) is 1.95. The van der Waals surface area contributed by atoms with Gasteiger partial charge in [-0.1, -0.05) is 19.3 Å². The highest BCUT2D eigenvalue weighted by molar-refractivity contribution is 6.88. The van der Waals surface area contributed by atoms with Gasteiger partial charge < -0.3 is 5.11 Å². The van der Waals surface area contributed by atoms with Gasteiger partial charge in [-0.3, -0.25) is 4.79 Å². The minimum atomic E-state index is -1.28. The molecule has 9 heavy (non-hydrogen) atoms. The van der Waals surface area contributed by atoms with Gasteiger partial charge in [-0.25, -0.2) is 0 Å². The average Bonchev–Trinajstić information content (AvgIpc) is 1.90. The maximum Gasteiger partial charge on any atom is 0.265 e. The number of hydrogen-bond donors (Lipinski definition) is 1. The highest BCUT2D eigenvalue weighted by Crippen LogP contribution is 2.18. The molecule has 3 heteroatoms. The van der Waals surface area contributed by atoms with E-state index in [-0.39, 0.29) is 0 Å². The van der Waals surface area contributed by atoms with E-state index in [4.69, 9.17) is 5.11 Å². The summed E-state index contributed by atoms with van der Waals surface area (Å²) in [5.41, 5.74) is -0.463. The highest BCUT2D eigenvalue weighted by atomic mass is 28.3. The second-order valence-electron chi connectivity index (χ2n) is 2.67. The summed E-state index contributed by atoms with van der Waals surface area (Å²) in [6, 6.07) is 2.07. The molecule has 1 aliphatic heterocycles. The smallest absolute Gasteiger partial charge is 0.265 e. The van der Waals surface area contributed by atoms with Crippen molar-refractivity contribution in [3.63, 3.8) is 0 Å². The SMILES string of the molecule is O=C(O)[SiH]1CCCCC1. The Bertz CT molecular complexity index is 108.